The summed E-state index contributed by atoms with van der Waals surface area (Å²) >= 11 is 0. The predicted octanol–water partition coefficient (Wildman–Crippen LogP) is 4.57. The Labute approximate surface area is 198 Å². The number of aromatic amines is 1. The molecule has 1 saturated heterocycles. The number of rotatable bonds is 3. The number of carbonyl (C=O) groups is 1. The monoisotopic (exact) mass is 478 g/mol. The van der Waals surface area contributed by atoms with E-state index in [4.69, 9.17) is 0 Å². The van der Waals surface area contributed by atoms with Gasteiger partial charge in [-0.2, -0.15) is 13.2 Å². The second kappa shape index (κ2) is 8.90. The number of piperazine rings is 1. The van der Waals surface area contributed by atoms with Crippen LogP contribution in [-0.4, -0.2) is 47.0 Å². The average Bonchev–Trinajstić information content (AvgIpc) is 2.87. The van der Waals surface area contributed by atoms with Gasteiger partial charge in [-0.3, -0.25) is 9.59 Å². The molecule has 2 aromatic carbocycles. The van der Waals surface area contributed by atoms with Gasteiger partial charge in [-0.05, 0) is 53.4 Å². The summed E-state index contributed by atoms with van der Waals surface area (Å²) in [5, 5.41) is 0.858. The van der Waals surface area contributed by atoms with Gasteiger partial charge < -0.3 is 14.8 Å². The van der Waals surface area contributed by atoms with Crippen LogP contribution in [0.4, 0.5) is 19.0 Å². The third-order valence-corrected chi connectivity index (χ3v) is 6.16. The van der Waals surface area contributed by atoms with Gasteiger partial charge in [0.05, 0.1) is 5.56 Å². The van der Waals surface area contributed by atoms with Gasteiger partial charge in [0, 0.05) is 55.1 Å². The van der Waals surface area contributed by atoms with Gasteiger partial charge in [0.2, 0.25) is 5.56 Å². The van der Waals surface area contributed by atoms with Crippen molar-refractivity contribution in [3.8, 4) is 11.1 Å². The van der Waals surface area contributed by atoms with Gasteiger partial charge in [-0.15, -0.1) is 0 Å². The number of benzene rings is 2. The first-order valence-corrected chi connectivity index (χ1v) is 11.1. The summed E-state index contributed by atoms with van der Waals surface area (Å²) in [6.45, 7) is 2.24. The van der Waals surface area contributed by atoms with E-state index in [0.717, 1.165) is 28.9 Å². The summed E-state index contributed by atoms with van der Waals surface area (Å²) in [6.07, 6.45) is -2.72. The molecule has 35 heavy (non-hydrogen) atoms. The van der Waals surface area contributed by atoms with E-state index in [1.165, 1.54) is 18.2 Å². The van der Waals surface area contributed by atoms with Crippen molar-refractivity contribution in [3.05, 3.63) is 94.4 Å². The third kappa shape index (κ3) is 4.75. The highest BCUT2D eigenvalue weighted by atomic mass is 19.4. The fourth-order valence-corrected chi connectivity index (χ4v) is 4.20. The highest BCUT2D eigenvalue weighted by molar-refractivity contribution is 5.97. The van der Waals surface area contributed by atoms with Crippen LogP contribution in [0.2, 0.25) is 0 Å². The lowest BCUT2D eigenvalue weighted by molar-refractivity contribution is -0.137. The number of hydrogen-bond donors (Lipinski definition) is 1. The fourth-order valence-electron chi connectivity index (χ4n) is 4.20. The Morgan fingerprint density at radius 2 is 1.54 bits per heavy atom. The van der Waals surface area contributed by atoms with E-state index >= 15 is 0 Å². The van der Waals surface area contributed by atoms with Crippen LogP contribution in [0.3, 0.4) is 0 Å². The van der Waals surface area contributed by atoms with Crippen LogP contribution in [-0.2, 0) is 6.18 Å². The van der Waals surface area contributed by atoms with E-state index in [9.17, 15) is 22.8 Å². The topological polar surface area (TPSA) is 69.3 Å². The number of nitrogens with zero attached hydrogens (tertiary/aromatic N) is 3. The Kier molecular flexibility index (Phi) is 5.76. The van der Waals surface area contributed by atoms with Crippen molar-refractivity contribution in [2.24, 2.45) is 0 Å². The van der Waals surface area contributed by atoms with Crippen LogP contribution < -0.4 is 10.5 Å². The summed E-state index contributed by atoms with van der Waals surface area (Å²) in [6, 6.07) is 17.1. The summed E-state index contributed by atoms with van der Waals surface area (Å²) in [5.41, 5.74) is 1.63. The maximum absolute atomic E-state index is 13.0. The highest BCUT2D eigenvalue weighted by Crippen LogP contribution is 2.31. The number of carbonyl (C=O) groups excluding carboxylic acids is 1. The van der Waals surface area contributed by atoms with Gasteiger partial charge in [0.1, 0.15) is 5.82 Å². The number of anilines is 1. The minimum Gasteiger partial charge on any atom is -0.353 e. The van der Waals surface area contributed by atoms with Crippen LogP contribution in [0.25, 0.3) is 22.0 Å². The van der Waals surface area contributed by atoms with Crippen molar-refractivity contribution in [2.45, 2.75) is 6.18 Å². The van der Waals surface area contributed by atoms with Gasteiger partial charge >= 0.3 is 6.18 Å². The normalized spacial score (nSPS) is 14.4. The molecule has 0 saturated carbocycles. The molecule has 5 rings (SSSR count). The lowest BCUT2D eigenvalue weighted by Crippen LogP contribution is -2.49. The first-order chi connectivity index (χ1) is 16.8. The van der Waals surface area contributed by atoms with Crippen molar-refractivity contribution in [3.63, 3.8) is 0 Å². The van der Waals surface area contributed by atoms with E-state index in [1.807, 2.05) is 18.2 Å². The summed E-state index contributed by atoms with van der Waals surface area (Å²) in [7, 11) is 0. The minimum atomic E-state index is -4.36. The Bertz CT molecular complexity index is 1420. The standard InChI is InChI=1S/C26H21F3N4O2/c27-26(28,29)21-7-3-17(4-8-21)20-5-9-23(30-16-20)32-11-13-33(14-12-32)25(35)19-2-1-18-6-10-24(34)31-22(18)15-19/h1-10,15-16H,11-14H2,(H,31,34). The molecule has 1 amide bonds. The van der Waals surface area contributed by atoms with Crippen LogP contribution in [0.5, 0.6) is 0 Å². The molecule has 2 aromatic heterocycles. The third-order valence-electron chi connectivity index (χ3n) is 6.16. The van der Waals surface area contributed by atoms with Crippen molar-refractivity contribution >= 4 is 22.6 Å². The number of amides is 1. The smallest absolute Gasteiger partial charge is 0.353 e. The van der Waals surface area contributed by atoms with Crippen molar-refractivity contribution in [2.75, 3.05) is 31.1 Å². The van der Waals surface area contributed by atoms with Gasteiger partial charge in [-0.25, -0.2) is 4.98 Å². The van der Waals surface area contributed by atoms with E-state index in [-0.39, 0.29) is 11.5 Å². The Hall–Kier alpha value is -4.14. The van der Waals surface area contributed by atoms with E-state index in [1.54, 1.807) is 29.3 Å². The van der Waals surface area contributed by atoms with E-state index < -0.39 is 11.7 Å². The largest absolute Gasteiger partial charge is 0.416 e. The predicted molar refractivity (Wildman–Crippen MR) is 127 cm³/mol. The fraction of sp³-hybridized carbons (Fsp3) is 0.192. The molecule has 1 fully saturated rings. The summed E-state index contributed by atoms with van der Waals surface area (Å²) in [4.78, 5) is 35.7. The zero-order chi connectivity index (χ0) is 24.6. The van der Waals surface area contributed by atoms with E-state index in [2.05, 4.69) is 14.9 Å². The molecule has 0 bridgehead atoms. The average molecular weight is 478 g/mol. The van der Waals surface area contributed by atoms with Gasteiger partial charge in [-0.1, -0.05) is 18.2 Å². The number of pyridine rings is 2. The SMILES string of the molecule is O=C(c1ccc2ccc(=O)[nH]c2c1)N1CCN(c2ccc(-c3ccc(C(F)(F)F)cc3)cn2)CC1. The molecule has 0 unspecified atom stereocenters. The molecule has 1 N–H and O–H groups in total. The molecule has 6 nitrogen and oxygen atoms in total. The van der Waals surface area contributed by atoms with Crippen LogP contribution in [0, 0.1) is 0 Å². The van der Waals surface area contributed by atoms with Crippen molar-refractivity contribution < 1.29 is 18.0 Å². The number of aromatic nitrogens is 2. The lowest BCUT2D eigenvalue weighted by Gasteiger charge is -2.35. The van der Waals surface area contributed by atoms with Crippen molar-refractivity contribution in [1.29, 1.82) is 0 Å². The number of H-pyrrole nitrogens is 1. The second-order valence-electron chi connectivity index (χ2n) is 8.38. The highest BCUT2D eigenvalue weighted by Gasteiger charge is 2.30. The zero-order valence-corrected chi connectivity index (χ0v) is 18.5. The second-order valence-corrected chi connectivity index (χ2v) is 8.38. The molecular weight excluding hydrogens is 457 g/mol. The van der Waals surface area contributed by atoms with Crippen molar-refractivity contribution in [1.82, 2.24) is 14.9 Å². The molecule has 3 heterocycles. The molecular formula is C26H21F3N4O2. The van der Waals surface area contributed by atoms with Crippen LogP contribution in [0.15, 0.2) is 77.7 Å². The zero-order valence-electron chi connectivity index (χ0n) is 18.5. The number of fused-ring (bicyclic) bond motifs is 1. The Morgan fingerprint density at radius 3 is 2.20 bits per heavy atom. The molecule has 0 atom stereocenters. The molecule has 9 heteroatoms. The molecule has 0 radical (unpaired) electrons. The molecule has 1 aliphatic heterocycles. The van der Waals surface area contributed by atoms with Gasteiger partial charge in [0.15, 0.2) is 0 Å². The summed E-state index contributed by atoms with van der Waals surface area (Å²) in [5.74, 6) is 0.651. The number of nitrogens with one attached hydrogen (secondary N) is 1. The Balaban J connectivity index is 1.23. The molecule has 0 aliphatic carbocycles. The maximum atomic E-state index is 13.0. The Morgan fingerprint density at radius 1 is 0.857 bits per heavy atom. The molecule has 1 aliphatic rings. The quantitative estimate of drug-likeness (QED) is 0.468. The van der Waals surface area contributed by atoms with Crippen LogP contribution in [0.1, 0.15) is 15.9 Å². The van der Waals surface area contributed by atoms with E-state index in [0.29, 0.717) is 42.8 Å². The first-order valence-electron chi connectivity index (χ1n) is 11.1. The lowest BCUT2D eigenvalue weighted by atomic mass is 10.1. The number of alkyl halides is 3. The number of hydrogen-bond acceptors (Lipinski definition) is 4. The number of halogens is 3. The first kappa shape index (κ1) is 22.6. The van der Waals surface area contributed by atoms with Gasteiger partial charge in [0.25, 0.3) is 5.91 Å². The maximum Gasteiger partial charge on any atom is 0.416 e. The van der Waals surface area contributed by atoms with Crippen LogP contribution >= 0.6 is 0 Å². The molecule has 0 spiro atoms. The minimum absolute atomic E-state index is 0.0955. The summed E-state index contributed by atoms with van der Waals surface area (Å²) < 4.78 is 38.3. The molecule has 178 valence electrons. The molecule has 4 aromatic rings.